The van der Waals surface area contributed by atoms with Crippen LogP contribution in [0, 0.1) is 16.0 Å². The summed E-state index contributed by atoms with van der Waals surface area (Å²) < 4.78 is 5.62. The Morgan fingerprint density at radius 2 is 2.24 bits per heavy atom. The predicted molar refractivity (Wildman–Crippen MR) is 96.2 cm³/mol. The topological polar surface area (TPSA) is 114 Å². The van der Waals surface area contributed by atoms with Crippen LogP contribution in [0.3, 0.4) is 0 Å². The number of nitrogens with one attached hydrogen (secondary N) is 2. The number of carbonyl (C=O) groups is 1. The molecule has 1 heterocycles. The van der Waals surface area contributed by atoms with Gasteiger partial charge in [-0.1, -0.05) is 29.8 Å². The zero-order chi connectivity index (χ0) is 18.6. The maximum Gasteiger partial charge on any atom is 0.293 e. The third kappa shape index (κ3) is 5.38. The Morgan fingerprint density at radius 1 is 1.52 bits per heavy atom. The number of hydrogen-bond donors (Lipinski definition) is 3. The second-order valence-electron chi connectivity index (χ2n) is 6.41. The smallest absolute Gasteiger partial charge is 0.293 e. The minimum absolute atomic E-state index is 0.111. The van der Waals surface area contributed by atoms with Crippen molar-refractivity contribution >= 4 is 33.2 Å². The molecule has 1 amide bonds. The minimum Gasteiger partial charge on any atom is -0.368 e. The molecule has 0 bridgehead atoms. The van der Waals surface area contributed by atoms with Crippen LogP contribution >= 0.6 is 15.9 Å². The van der Waals surface area contributed by atoms with Crippen molar-refractivity contribution in [3.8, 4) is 0 Å². The molecule has 1 aliphatic rings. The van der Waals surface area contributed by atoms with Crippen molar-refractivity contribution in [2.75, 3.05) is 11.9 Å². The number of ether oxygens (including phenoxy) is 1. The molecule has 0 saturated carbocycles. The first kappa shape index (κ1) is 19.6. The average Bonchev–Trinajstić information content (AvgIpc) is 2.92. The van der Waals surface area contributed by atoms with Crippen molar-refractivity contribution in [1.29, 1.82) is 0 Å². The molecule has 3 N–H and O–H groups in total. The monoisotopic (exact) mass is 415 g/mol. The molecule has 8 nitrogen and oxygen atoms in total. The van der Waals surface area contributed by atoms with Gasteiger partial charge in [-0.3, -0.25) is 14.9 Å². The van der Waals surface area contributed by atoms with Crippen molar-refractivity contribution in [2.24, 2.45) is 5.92 Å². The summed E-state index contributed by atoms with van der Waals surface area (Å²) in [4.78, 5) is 23.4. The zero-order valence-corrected chi connectivity index (χ0v) is 15.7. The molecular formula is C16H22BrN3O5. The Morgan fingerprint density at radius 3 is 2.80 bits per heavy atom. The quantitative estimate of drug-likeness (QED) is 0.465. The fourth-order valence-corrected chi connectivity index (χ4v) is 3.02. The summed E-state index contributed by atoms with van der Waals surface area (Å²) in [5.41, 5.74) is 0.164. The van der Waals surface area contributed by atoms with Gasteiger partial charge < -0.3 is 20.5 Å². The third-order valence-corrected chi connectivity index (χ3v) is 4.39. The fourth-order valence-electron chi connectivity index (χ4n) is 2.67. The summed E-state index contributed by atoms with van der Waals surface area (Å²) >= 11 is 3.21. The highest BCUT2D eigenvalue weighted by atomic mass is 79.9. The second kappa shape index (κ2) is 8.59. The molecule has 138 valence electrons. The maximum atomic E-state index is 12.6. The molecule has 1 aromatic rings. The largest absolute Gasteiger partial charge is 0.368 e. The molecule has 0 spiro atoms. The molecule has 1 unspecified atom stereocenters. The molecule has 0 aliphatic carbocycles. The molecule has 9 heteroatoms. The summed E-state index contributed by atoms with van der Waals surface area (Å²) in [7, 11) is 0. The lowest BCUT2D eigenvalue weighted by Gasteiger charge is -2.24. The number of nitro groups is 1. The minimum atomic E-state index is -1.02. The van der Waals surface area contributed by atoms with E-state index in [0.29, 0.717) is 23.9 Å². The number of hydrogen-bond acceptors (Lipinski definition) is 6. The predicted octanol–water partition coefficient (Wildman–Crippen LogP) is 2.41. The number of halogens is 1. The van der Waals surface area contributed by atoms with Crippen LogP contribution in [0.25, 0.3) is 0 Å². The van der Waals surface area contributed by atoms with E-state index in [2.05, 4.69) is 26.6 Å². The Balaban J connectivity index is 2.17. The van der Waals surface area contributed by atoms with Crippen LogP contribution in [0.4, 0.5) is 11.4 Å². The van der Waals surface area contributed by atoms with Gasteiger partial charge in [0.15, 0.2) is 6.29 Å². The Bertz CT molecular complexity index is 640. The first-order valence-corrected chi connectivity index (χ1v) is 8.87. The third-order valence-electron chi connectivity index (χ3n) is 3.90. The molecule has 0 radical (unpaired) electrons. The Kier molecular flexibility index (Phi) is 6.74. The summed E-state index contributed by atoms with van der Waals surface area (Å²) in [5.74, 6) is -0.122. The number of aliphatic hydroxyl groups is 1. The molecule has 1 aliphatic heterocycles. The SMILES string of the molecule is CC(C)C[C@H](Nc1ccc(Br)cc1[N+](=O)[O-])C(=O)N[C@H]1CCOC1O. The van der Waals surface area contributed by atoms with Crippen molar-refractivity contribution in [3.05, 3.63) is 32.8 Å². The molecule has 1 aromatic carbocycles. The highest BCUT2D eigenvalue weighted by Gasteiger charge is 2.31. The molecule has 2 rings (SSSR count). The van der Waals surface area contributed by atoms with E-state index in [9.17, 15) is 20.0 Å². The summed E-state index contributed by atoms with van der Waals surface area (Å²) in [6, 6.07) is 3.50. The molecular weight excluding hydrogens is 394 g/mol. The van der Waals surface area contributed by atoms with Crippen LogP contribution in [0.15, 0.2) is 22.7 Å². The van der Waals surface area contributed by atoms with E-state index >= 15 is 0 Å². The van der Waals surface area contributed by atoms with Gasteiger partial charge in [0.25, 0.3) is 5.69 Å². The van der Waals surface area contributed by atoms with E-state index in [1.807, 2.05) is 13.8 Å². The highest BCUT2D eigenvalue weighted by molar-refractivity contribution is 9.10. The first-order chi connectivity index (χ1) is 11.8. The normalized spacial score (nSPS) is 21.2. The van der Waals surface area contributed by atoms with Crippen molar-refractivity contribution in [3.63, 3.8) is 0 Å². The summed E-state index contributed by atoms with van der Waals surface area (Å²) in [6.45, 7) is 4.31. The molecule has 1 saturated heterocycles. The Labute approximate surface area is 154 Å². The van der Waals surface area contributed by atoms with Gasteiger partial charge in [0.05, 0.1) is 17.6 Å². The number of anilines is 1. The zero-order valence-electron chi connectivity index (χ0n) is 14.1. The summed E-state index contributed by atoms with van der Waals surface area (Å²) in [5, 5.41) is 26.7. The standard InChI is InChI=1S/C16H22BrN3O5/c1-9(2)7-13(15(21)19-12-5-6-25-16(12)22)18-11-4-3-10(17)8-14(11)20(23)24/h3-4,8-9,12-13,16,18,22H,5-7H2,1-2H3,(H,19,21)/t12-,13-,16?/m0/s1. The van der Waals surface area contributed by atoms with Gasteiger partial charge in [0.2, 0.25) is 5.91 Å². The number of amides is 1. The second-order valence-corrected chi connectivity index (χ2v) is 7.33. The van der Waals surface area contributed by atoms with Crippen LogP contribution in [0.1, 0.15) is 26.7 Å². The first-order valence-electron chi connectivity index (χ1n) is 8.08. The number of nitrogens with zero attached hydrogens (tertiary/aromatic N) is 1. The van der Waals surface area contributed by atoms with Crippen molar-refractivity contribution < 1.29 is 19.6 Å². The molecule has 3 atom stereocenters. The average molecular weight is 416 g/mol. The fraction of sp³-hybridized carbons (Fsp3) is 0.562. The van der Waals surface area contributed by atoms with Crippen LogP contribution < -0.4 is 10.6 Å². The van der Waals surface area contributed by atoms with Gasteiger partial charge >= 0.3 is 0 Å². The lowest BCUT2D eigenvalue weighted by Crippen LogP contribution is -2.48. The number of rotatable bonds is 7. The Hall–Kier alpha value is -1.71. The van der Waals surface area contributed by atoms with Gasteiger partial charge in [-0.25, -0.2) is 0 Å². The number of benzene rings is 1. The van der Waals surface area contributed by atoms with Crippen molar-refractivity contribution in [2.45, 2.75) is 45.1 Å². The van der Waals surface area contributed by atoms with Gasteiger partial charge in [-0.2, -0.15) is 0 Å². The molecule has 25 heavy (non-hydrogen) atoms. The van der Waals surface area contributed by atoms with Crippen LogP contribution in [0.5, 0.6) is 0 Å². The molecule has 0 aromatic heterocycles. The van der Waals surface area contributed by atoms with E-state index in [1.54, 1.807) is 12.1 Å². The van der Waals surface area contributed by atoms with Gasteiger partial charge in [0, 0.05) is 10.5 Å². The van der Waals surface area contributed by atoms with E-state index in [4.69, 9.17) is 4.74 Å². The van der Waals surface area contributed by atoms with Crippen LogP contribution in [0.2, 0.25) is 0 Å². The van der Waals surface area contributed by atoms with E-state index in [-0.39, 0.29) is 23.2 Å². The number of aliphatic hydroxyl groups excluding tert-OH is 1. The lowest BCUT2D eigenvalue weighted by molar-refractivity contribution is -0.384. The highest BCUT2D eigenvalue weighted by Crippen LogP contribution is 2.29. The van der Waals surface area contributed by atoms with Crippen molar-refractivity contribution in [1.82, 2.24) is 5.32 Å². The number of carbonyl (C=O) groups excluding carboxylic acids is 1. The van der Waals surface area contributed by atoms with E-state index < -0.39 is 23.3 Å². The van der Waals surface area contributed by atoms with Gasteiger partial charge in [0.1, 0.15) is 11.7 Å². The van der Waals surface area contributed by atoms with Gasteiger partial charge in [-0.05, 0) is 30.9 Å². The maximum absolute atomic E-state index is 12.6. The van der Waals surface area contributed by atoms with E-state index in [0.717, 1.165) is 0 Å². The van der Waals surface area contributed by atoms with Crippen LogP contribution in [-0.2, 0) is 9.53 Å². The van der Waals surface area contributed by atoms with Gasteiger partial charge in [-0.15, -0.1) is 0 Å². The lowest BCUT2D eigenvalue weighted by atomic mass is 10.0. The molecule has 1 fully saturated rings. The number of nitro benzene ring substituents is 1. The van der Waals surface area contributed by atoms with E-state index in [1.165, 1.54) is 6.07 Å². The summed E-state index contributed by atoms with van der Waals surface area (Å²) in [6.07, 6.45) is -0.00620. The van der Waals surface area contributed by atoms with Crippen LogP contribution in [-0.4, -0.2) is 40.9 Å².